The van der Waals surface area contributed by atoms with E-state index in [9.17, 15) is 4.79 Å². The van der Waals surface area contributed by atoms with Crippen LogP contribution < -0.4 is 14.8 Å². The monoisotopic (exact) mass is 327 g/mol. The van der Waals surface area contributed by atoms with E-state index in [4.69, 9.17) is 14.5 Å². The number of fused-ring (bicyclic) bond motifs is 3. The number of anilines is 1. The summed E-state index contributed by atoms with van der Waals surface area (Å²) >= 11 is 0. The number of amides is 1. The fourth-order valence-electron chi connectivity index (χ4n) is 3.79. The van der Waals surface area contributed by atoms with Crippen LogP contribution in [-0.2, 0) is 17.8 Å². The van der Waals surface area contributed by atoms with Crippen LogP contribution in [0.2, 0.25) is 0 Å². The zero-order valence-corrected chi connectivity index (χ0v) is 14.0. The van der Waals surface area contributed by atoms with Crippen molar-refractivity contribution < 1.29 is 14.3 Å². The van der Waals surface area contributed by atoms with Gasteiger partial charge in [0.15, 0.2) is 11.5 Å². The number of imidazole rings is 1. The summed E-state index contributed by atoms with van der Waals surface area (Å²) in [6.45, 7) is 0.917. The summed E-state index contributed by atoms with van der Waals surface area (Å²) < 4.78 is 13.2. The molecule has 6 heteroatoms. The SMILES string of the molecule is COc1cccc(C2CC(=O)Nc3c2nc2n3CCCC2)c1OC. The molecule has 2 aromatic rings. The molecule has 1 aromatic carbocycles. The summed E-state index contributed by atoms with van der Waals surface area (Å²) in [5, 5.41) is 3.02. The normalized spacial score (nSPS) is 19.2. The van der Waals surface area contributed by atoms with Crippen LogP contribution in [0.1, 0.15) is 42.3 Å². The minimum absolute atomic E-state index is 0.0191. The largest absolute Gasteiger partial charge is 0.493 e. The molecule has 0 saturated heterocycles. The molecule has 2 aliphatic rings. The van der Waals surface area contributed by atoms with Gasteiger partial charge < -0.3 is 19.4 Å². The molecule has 0 bridgehead atoms. The van der Waals surface area contributed by atoms with E-state index in [1.807, 2.05) is 18.2 Å². The number of benzene rings is 1. The lowest BCUT2D eigenvalue weighted by molar-refractivity contribution is -0.116. The van der Waals surface area contributed by atoms with E-state index in [0.717, 1.165) is 48.7 Å². The van der Waals surface area contributed by atoms with Crippen LogP contribution in [0.5, 0.6) is 11.5 Å². The number of aryl methyl sites for hydroxylation is 1. The van der Waals surface area contributed by atoms with Gasteiger partial charge in [0, 0.05) is 30.9 Å². The average Bonchev–Trinajstić information content (AvgIpc) is 2.99. The molecule has 1 atom stereocenters. The second-order valence-electron chi connectivity index (χ2n) is 6.26. The number of ether oxygens (including phenoxy) is 2. The Morgan fingerprint density at radius 2 is 2.12 bits per heavy atom. The average molecular weight is 327 g/mol. The van der Waals surface area contributed by atoms with Gasteiger partial charge in [-0.1, -0.05) is 12.1 Å². The number of nitrogens with zero attached hydrogens (tertiary/aromatic N) is 2. The van der Waals surface area contributed by atoms with Gasteiger partial charge in [-0.2, -0.15) is 0 Å². The van der Waals surface area contributed by atoms with Crippen LogP contribution in [0.4, 0.5) is 5.82 Å². The Morgan fingerprint density at radius 3 is 2.92 bits per heavy atom. The van der Waals surface area contributed by atoms with Crippen molar-refractivity contribution in [2.75, 3.05) is 19.5 Å². The quantitative estimate of drug-likeness (QED) is 0.941. The predicted molar refractivity (Wildman–Crippen MR) is 89.8 cm³/mol. The van der Waals surface area contributed by atoms with Gasteiger partial charge in [-0.25, -0.2) is 4.98 Å². The second-order valence-corrected chi connectivity index (χ2v) is 6.26. The van der Waals surface area contributed by atoms with Crippen molar-refractivity contribution in [2.24, 2.45) is 0 Å². The molecule has 0 radical (unpaired) electrons. The molecule has 1 aromatic heterocycles. The summed E-state index contributed by atoms with van der Waals surface area (Å²) in [5.74, 6) is 3.18. The van der Waals surface area contributed by atoms with Crippen LogP contribution in [0.15, 0.2) is 18.2 Å². The highest BCUT2D eigenvalue weighted by molar-refractivity contribution is 5.94. The van der Waals surface area contributed by atoms with E-state index in [1.165, 1.54) is 0 Å². The van der Waals surface area contributed by atoms with Gasteiger partial charge in [0.05, 0.1) is 19.9 Å². The fraction of sp³-hybridized carbons (Fsp3) is 0.444. The first kappa shape index (κ1) is 15.1. The number of hydrogen-bond acceptors (Lipinski definition) is 4. The molecule has 3 heterocycles. The lowest BCUT2D eigenvalue weighted by atomic mass is 9.89. The third-order valence-corrected chi connectivity index (χ3v) is 4.89. The summed E-state index contributed by atoms with van der Waals surface area (Å²) in [6, 6.07) is 5.79. The molecule has 0 fully saturated rings. The van der Waals surface area contributed by atoms with Crippen LogP contribution in [0.25, 0.3) is 0 Å². The highest BCUT2D eigenvalue weighted by atomic mass is 16.5. The lowest BCUT2D eigenvalue weighted by Crippen LogP contribution is -2.26. The molecule has 126 valence electrons. The molecular weight excluding hydrogens is 306 g/mol. The molecule has 4 rings (SSSR count). The van der Waals surface area contributed by atoms with Gasteiger partial charge in [0.25, 0.3) is 0 Å². The van der Waals surface area contributed by atoms with E-state index in [-0.39, 0.29) is 11.8 Å². The maximum Gasteiger partial charge on any atom is 0.226 e. The van der Waals surface area contributed by atoms with E-state index < -0.39 is 0 Å². The van der Waals surface area contributed by atoms with Gasteiger partial charge in [-0.05, 0) is 18.9 Å². The topological polar surface area (TPSA) is 65.4 Å². The summed E-state index contributed by atoms with van der Waals surface area (Å²) in [6.07, 6.45) is 3.60. The van der Waals surface area contributed by atoms with E-state index in [1.54, 1.807) is 14.2 Å². The van der Waals surface area contributed by atoms with Gasteiger partial charge >= 0.3 is 0 Å². The van der Waals surface area contributed by atoms with Crippen LogP contribution in [0, 0.1) is 0 Å². The van der Waals surface area contributed by atoms with Gasteiger partial charge in [-0.3, -0.25) is 4.79 Å². The van der Waals surface area contributed by atoms with E-state index in [2.05, 4.69) is 9.88 Å². The summed E-state index contributed by atoms with van der Waals surface area (Å²) in [7, 11) is 3.25. The number of nitrogens with one attached hydrogen (secondary N) is 1. The number of para-hydroxylation sites is 1. The van der Waals surface area contributed by atoms with E-state index in [0.29, 0.717) is 17.9 Å². The number of hydrogen-bond donors (Lipinski definition) is 1. The summed E-state index contributed by atoms with van der Waals surface area (Å²) in [5.41, 5.74) is 1.89. The third kappa shape index (κ3) is 2.25. The Kier molecular flexibility index (Phi) is 3.67. The Morgan fingerprint density at radius 1 is 1.25 bits per heavy atom. The molecule has 1 amide bonds. The Labute approximate surface area is 140 Å². The number of aromatic nitrogens is 2. The fourth-order valence-corrected chi connectivity index (χ4v) is 3.79. The third-order valence-electron chi connectivity index (χ3n) is 4.89. The molecular formula is C18H21N3O3. The zero-order valence-electron chi connectivity index (χ0n) is 14.0. The molecule has 1 unspecified atom stereocenters. The second kappa shape index (κ2) is 5.85. The molecule has 6 nitrogen and oxygen atoms in total. The van der Waals surface area contributed by atoms with Crippen molar-refractivity contribution in [3.63, 3.8) is 0 Å². The van der Waals surface area contributed by atoms with Crippen LogP contribution in [-0.4, -0.2) is 29.7 Å². The molecule has 0 aliphatic carbocycles. The first-order valence-corrected chi connectivity index (χ1v) is 8.33. The number of carbonyl (C=O) groups excluding carboxylic acids is 1. The van der Waals surface area contributed by atoms with Crippen molar-refractivity contribution >= 4 is 11.7 Å². The molecule has 24 heavy (non-hydrogen) atoms. The van der Waals surface area contributed by atoms with Crippen molar-refractivity contribution in [3.05, 3.63) is 35.3 Å². The maximum absolute atomic E-state index is 12.3. The smallest absolute Gasteiger partial charge is 0.226 e. The summed E-state index contributed by atoms with van der Waals surface area (Å²) in [4.78, 5) is 17.2. The number of rotatable bonds is 3. The van der Waals surface area contributed by atoms with Gasteiger partial charge in [0.1, 0.15) is 11.6 Å². The van der Waals surface area contributed by atoms with Crippen molar-refractivity contribution in [3.8, 4) is 11.5 Å². The number of methoxy groups -OCH3 is 2. The minimum atomic E-state index is -0.114. The van der Waals surface area contributed by atoms with Crippen LogP contribution >= 0.6 is 0 Å². The van der Waals surface area contributed by atoms with Crippen molar-refractivity contribution in [1.82, 2.24) is 9.55 Å². The highest BCUT2D eigenvalue weighted by Crippen LogP contribution is 2.44. The number of carbonyl (C=O) groups is 1. The molecule has 0 saturated carbocycles. The zero-order chi connectivity index (χ0) is 16.7. The van der Waals surface area contributed by atoms with Crippen LogP contribution in [0.3, 0.4) is 0 Å². The lowest BCUT2D eigenvalue weighted by Gasteiger charge is -2.25. The van der Waals surface area contributed by atoms with Gasteiger partial charge in [0.2, 0.25) is 5.91 Å². The Hall–Kier alpha value is -2.50. The molecule has 1 N–H and O–H groups in total. The van der Waals surface area contributed by atoms with Gasteiger partial charge in [-0.15, -0.1) is 0 Å². The maximum atomic E-state index is 12.3. The van der Waals surface area contributed by atoms with Crippen molar-refractivity contribution in [2.45, 2.75) is 38.1 Å². The molecule has 0 spiro atoms. The van der Waals surface area contributed by atoms with Crippen molar-refractivity contribution in [1.29, 1.82) is 0 Å². The first-order chi connectivity index (χ1) is 11.7. The Bertz CT molecular complexity index is 797. The first-order valence-electron chi connectivity index (χ1n) is 8.33. The standard InChI is InChI=1S/C18H21N3O3/c1-23-13-7-5-6-11(17(13)24-2)12-10-15(22)20-18-16(12)19-14-8-3-4-9-21(14)18/h5-7,12H,3-4,8-10H2,1-2H3,(H,20,22). The highest BCUT2D eigenvalue weighted by Gasteiger charge is 2.35. The minimum Gasteiger partial charge on any atom is -0.493 e. The van der Waals surface area contributed by atoms with E-state index >= 15 is 0 Å². The predicted octanol–water partition coefficient (Wildman–Crippen LogP) is 2.71. The Balaban J connectivity index is 1.86. The molecule has 2 aliphatic heterocycles.